The largest absolute Gasteiger partial charge is 0.298 e. The lowest BCUT2D eigenvalue weighted by Gasteiger charge is -2.04. The number of aldehydes is 1. The Bertz CT molecular complexity index is 572. The lowest BCUT2D eigenvalue weighted by molar-refractivity contribution is 0.112. The van der Waals surface area contributed by atoms with Crippen molar-refractivity contribution in [3.63, 3.8) is 0 Å². The molecule has 4 nitrogen and oxygen atoms in total. The minimum Gasteiger partial charge on any atom is -0.298 e. The van der Waals surface area contributed by atoms with Gasteiger partial charge in [-0.25, -0.2) is 0 Å². The number of aryl methyl sites for hydroxylation is 2. The zero-order chi connectivity index (χ0) is 13.1. The molecule has 2 aromatic rings. The normalized spacial score (nSPS) is 10.6. The van der Waals surface area contributed by atoms with Crippen LogP contribution in [-0.4, -0.2) is 21.1 Å². The highest BCUT2D eigenvalue weighted by Gasteiger charge is 2.13. The van der Waals surface area contributed by atoms with E-state index in [1.165, 1.54) is 0 Å². The molecule has 0 fully saturated rings. The molecule has 0 radical (unpaired) electrons. The minimum atomic E-state index is 0.592. The summed E-state index contributed by atoms with van der Waals surface area (Å²) in [6, 6.07) is 1.85. The maximum Gasteiger partial charge on any atom is 0.151 e. The summed E-state index contributed by atoms with van der Waals surface area (Å²) in [6.07, 6.45) is 5.21. The van der Waals surface area contributed by atoms with Crippen LogP contribution >= 0.6 is 0 Å². The second-order valence-electron chi connectivity index (χ2n) is 4.39. The van der Waals surface area contributed by atoms with E-state index in [1.807, 2.05) is 17.7 Å². The molecule has 0 atom stereocenters. The standard InChI is InChI=1S/C14H17N3O/c1-4-5-17-11(3)14(10(2)16-17)13-6-12(9-18)7-15-8-13/h6-9H,4-5H2,1-3H3. The van der Waals surface area contributed by atoms with Crippen molar-refractivity contribution in [1.29, 1.82) is 0 Å². The highest BCUT2D eigenvalue weighted by Crippen LogP contribution is 2.26. The maximum absolute atomic E-state index is 10.8. The molecule has 0 spiro atoms. The van der Waals surface area contributed by atoms with Gasteiger partial charge in [0.05, 0.1) is 5.69 Å². The molecule has 2 heterocycles. The van der Waals surface area contributed by atoms with Gasteiger partial charge in [-0.3, -0.25) is 14.5 Å². The van der Waals surface area contributed by atoms with Crippen LogP contribution < -0.4 is 0 Å². The van der Waals surface area contributed by atoms with E-state index in [2.05, 4.69) is 23.9 Å². The predicted octanol–water partition coefficient (Wildman–Crippen LogP) is 2.78. The summed E-state index contributed by atoms with van der Waals surface area (Å²) in [4.78, 5) is 14.9. The first-order valence-electron chi connectivity index (χ1n) is 6.12. The van der Waals surface area contributed by atoms with Gasteiger partial charge in [-0.15, -0.1) is 0 Å². The van der Waals surface area contributed by atoms with E-state index >= 15 is 0 Å². The predicted molar refractivity (Wildman–Crippen MR) is 70.6 cm³/mol. The smallest absolute Gasteiger partial charge is 0.151 e. The van der Waals surface area contributed by atoms with E-state index in [0.29, 0.717) is 5.56 Å². The van der Waals surface area contributed by atoms with E-state index in [0.717, 1.165) is 41.8 Å². The molecule has 2 rings (SSSR count). The molecule has 0 aliphatic rings. The molecule has 0 aliphatic carbocycles. The summed E-state index contributed by atoms with van der Waals surface area (Å²) in [7, 11) is 0. The minimum absolute atomic E-state index is 0.592. The zero-order valence-electron chi connectivity index (χ0n) is 11.0. The van der Waals surface area contributed by atoms with Crippen LogP contribution in [0.1, 0.15) is 35.1 Å². The van der Waals surface area contributed by atoms with Gasteiger partial charge in [-0.1, -0.05) is 6.92 Å². The number of hydrogen-bond acceptors (Lipinski definition) is 3. The Hall–Kier alpha value is -1.97. The van der Waals surface area contributed by atoms with Gasteiger partial charge < -0.3 is 0 Å². The Morgan fingerprint density at radius 1 is 1.33 bits per heavy atom. The van der Waals surface area contributed by atoms with Gasteiger partial charge in [0.2, 0.25) is 0 Å². The fourth-order valence-electron chi connectivity index (χ4n) is 2.20. The Balaban J connectivity index is 2.52. The molecule has 0 aromatic carbocycles. The number of pyridine rings is 1. The second kappa shape index (κ2) is 5.12. The molecule has 0 unspecified atom stereocenters. The number of carbonyl (C=O) groups excluding carboxylic acids is 1. The Morgan fingerprint density at radius 2 is 2.11 bits per heavy atom. The van der Waals surface area contributed by atoms with Crippen LogP contribution in [0.15, 0.2) is 18.5 Å². The molecule has 0 saturated carbocycles. The lowest BCUT2D eigenvalue weighted by atomic mass is 10.0. The van der Waals surface area contributed by atoms with Crippen LogP contribution in [0.5, 0.6) is 0 Å². The van der Waals surface area contributed by atoms with E-state index in [-0.39, 0.29) is 0 Å². The summed E-state index contributed by atoms with van der Waals surface area (Å²) in [5, 5.41) is 4.53. The quantitative estimate of drug-likeness (QED) is 0.776. The van der Waals surface area contributed by atoms with E-state index in [4.69, 9.17) is 0 Å². The Labute approximate surface area is 107 Å². The highest BCUT2D eigenvalue weighted by molar-refractivity contribution is 5.79. The van der Waals surface area contributed by atoms with E-state index in [1.54, 1.807) is 12.4 Å². The number of hydrogen-bond donors (Lipinski definition) is 0. The van der Waals surface area contributed by atoms with Crippen molar-refractivity contribution in [1.82, 2.24) is 14.8 Å². The third-order valence-corrected chi connectivity index (χ3v) is 3.00. The average molecular weight is 243 g/mol. The SMILES string of the molecule is CCCn1nc(C)c(-c2cncc(C=O)c2)c1C. The summed E-state index contributed by atoms with van der Waals surface area (Å²) in [5.41, 5.74) is 4.73. The fraction of sp³-hybridized carbons (Fsp3) is 0.357. The van der Waals surface area contributed by atoms with Crippen molar-refractivity contribution in [3.8, 4) is 11.1 Å². The van der Waals surface area contributed by atoms with Gasteiger partial charge in [-0.05, 0) is 26.3 Å². The average Bonchev–Trinajstić information content (AvgIpc) is 2.65. The third kappa shape index (κ3) is 2.18. The monoisotopic (exact) mass is 243 g/mol. The summed E-state index contributed by atoms with van der Waals surface area (Å²) >= 11 is 0. The summed E-state index contributed by atoms with van der Waals surface area (Å²) in [5.74, 6) is 0. The number of nitrogens with zero attached hydrogens (tertiary/aromatic N) is 3. The van der Waals surface area contributed by atoms with Crippen molar-refractivity contribution < 1.29 is 4.79 Å². The molecule has 0 aliphatic heterocycles. The fourth-order valence-corrected chi connectivity index (χ4v) is 2.20. The molecule has 0 bridgehead atoms. The molecule has 94 valence electrons. The van der Waals surface area contributed by atoms with Gasteiger partial charge >= 0.3 is 0 Å². The molecule has 18 heavy (non-hydrogen) atoms. The molecule has 4 heteroatoms. The summed E-state index contributed by atoms with van der Waals surface area (Å²) in [6.45, 7) is 7.08. The second-order valence-corrected chi connectivity index (χ2v) is 4.39. The van der Waals surface area contributed by atoms with E-state index in [9.17, 15) is 4.79 Å². The first-order chi connectivity index (χ1) is 8.67. The maximum atomic E-state index is 10.8. The van der Waals surface area contributed by atoms with Crippen LogP contribution in [0.3, 0.4) is 0 Å². The van der Waals surface area contributed by atoms with Crippen LogP contribution in [-0.2, 0) is 6.54 Å². The summed E-state index contributed by atoms with van der Waals surface area (Å²) < 4.78 is 2.01. The van der Waals surface area contributed by atoms with Crippen molar-refractivity contribution in [2.24, 2.45) is 0 Å². The highest BCUT2D eigenvalue weighted by atomic mass is 16.1. The molecule has 0 saturated heterocycles. The van der Waals surface area contributed by atoms with Crippen LogP contribution in [0, 0.1) is 13.8 Å². The molecular formula is C14H17N3O. The number of rotatable bonds is 4. The molecular weight excluding hydrogens is 226 g/mol. The first-order valence-corrected chi connectivity index (χ1v) is 6.12. The third-order valence-electron chi connectivity index (χ3n) is 3.00. The zero-order valence-corrected chi connectivity index (χ0v) is 11.0. The molecule has 0 N–H and O–H groups in total. The van der Waals surface area contributed by atoms with Crippen molar-refractivity contribution in [3.05, 3.63) is 35.4 Å². The number of aromatic nitrogens is 3. The van der Waals surface area contributed by atoms with Crippen molar-refractivity contribution >= 4 is 6.29 Å². The van der Waals surface area contributed by atoms with Crippen LogP contribution in [0.2, 0.25) is 0 Å². The molecule has 0 amide bonds. The van der Waals surface area contributed by atoms with Crippen LogP contribution in [0.4, 0.5) is 0 Å². The van der Waals surface area contributed by atoms with Crippen molar-refractivity contribution in [2.45, 2.75) is 33.7 Å². The van der Waals surface area contributed by atoms with E-state index < -0.39 is 0 Å². The topological polar surface area (TPSA) is 47.8 Å². The van der Waals surface area contributed by atoms with Gasteiger partial charge in [0.15, 0.2) is 6.29 Å². The Kier molecular flexibility index (Phi) is 3.55. The van der Waals surface area contributed by atoms with Gasteiger partial charge in [0, 0.05) is 41.3 Å². The van der Waals surface area contributed by atoms with Gasteiger partial charge in [-0.2, -0.15) is 5.10 Å². The lowest BCUT2D eigenvalue weighted by Crippen LogP contribution is -2.01. The Morgan fingerprint density at radius 3 is 2.78 bits per heavy atom. The number of carbonyl (C=O) groups is 1. The first kappa shape index (κ1) is 12.5. The molecule has 2 aromatic heterocycles. The van der Waals surface area contributed by atoms with Crippen molar-refractivity contribution in [2.75, 3.05) is 0 Å². The van der Waals surface area contributed by atoms with Crippen LogP contribution in [0.25, 0.3) is 11.1 Å². The van der Waals surface area contributed by atoms with Gasteiger partial charge in [0.25, 0.3) is 0 Å². The van der Waals surface area contributed by atoms with Gasteiger partial charge in [0.1, 0.15) is 0 Å².